The number of nitrogens with zero attached hydrogens (tertiary/aromatic N) is 2. The summed E-state index contributed by atoms with van der Waals surface area (Å²) in [5.41, 5.74) is -2.65. The van der Waals surface area contributed by atoms with Crippen molar-refractivity contribution in [2.24, 2.45) is 10.2 Å². The molecule has 0 radical (unpaired) electrons. The van der Waals surface area contributed by atoms with Gasteiger partial charge in [-0.25, -0.2) is 9.59 Å². The van der Waals surface area contributed by atoms with Gasteiger partial charge in [0.1, 0.15) is 0 Å². The van der Waals surface area contributed by atoms with Gasteiger partial charge in [-0.05, 0) is 41.5 Å². The van der Waals surface area contributed by atoms with E-state index in [1.807, 2.05) is 0 Å². The molecule has 0 aliphatic rings. The van der Waals surface area contributed by atoms with Crippen molar-refractivity contribution in [1.82, 2.24) is 0 Å². The summed E-state index contributed by atoms with van der Waals surface area (Å²) in [5, 5.41) is 16.4. The second-order valence-corrected chi connectivity index (χ2v) is 5.05. The van der Waals surface area contributed by atoms with Crippen molar-refractivity contribution in [3.05, 3.63) is 0 Å². The van der Waals surface area contributed by atoms with E-state index in [0.29, 0.717) is 6.61 Å². The standard InChI is InChI=1S/C12H22N2O5/c1-7-18-8(2)19-10(17)12(5,6)14-13-11(3,4)9(15)16/h8H,7H2,1-6H3,(H,15,16). The van der Waals surface area contributed by atoms with Gasteiger partial charge >= 0.3 is 11.9 Å². The van der Waals surface area contributed by atoms with Crippen LogP contribution in [0.5, 0.6) is 0 Å². The van der Waals surface area contributed by atoms with Crippen molar-refractivity contribution in [2.75, 3.05) is 6.61 Å². The minimum Gasteiger partial charge on any atom is -0.479 e. The van der Waals surface area contributed by atoms with Crippen LogP contribution in [0.25, 0.3) is 0 Å². The molecule has 1 N–H and O–H groups in total. The van der Waals surface area contributed by atoms with Crippen LogP contribution in [-0.4, -0.2) is 41.0 Å². The second kappa shape index (κ2) is 6.60. The Morgan fingerprint density at radius 1 is 1.16 bits per heavy atom. The molecule has 0 aliphatic heterocycles. The number of azo groups is 1. The first-order chi connectivity index (χ1) is 8.53. The molecule has 7 nitrogen and oxygen atoms in total. The third-order valence-electron chi connectivity index (χ3n) is 2.25. The molecule has 110 valence electrons. The first-order valence-electron chi connectivity index (χ1n) is 6.03. The van der Waals surface area contributed by atoms with E-state index in [1.54, 1.807) is 13.8 Å². The highest BCUT2D eigenvalue weighted by Gasteiger charge is 2.34. The summed E-state index contributed by atoms with van der Waals surface area (Å²) in [6, 6.07) is 0. The molecule has 0 bridgehead atoms. The lowest BCUT2D eigenvalue weighted by Gasteiger charge is -2.21. The van der Waals surface area contributed by atoms with Crippen LogP contribution in [0.3, 0.4) is 0 Å². The van der Waals surface area contributed by atoms with Gasteiger partial charge in [-0.15, -0.1) is 0 Å². The van der Waals surface area contributed by atoms with E-state index in [9.17, 15) is 9.59 Å². The van der Waals surface area contributed by atoms with Gasteiger partial charge in [0.05, 0.1) is 0 Å². The molecule has 0 saturated carbocycles. The third kappa shape index (κ3) is 5.78. The van der Waals surface area contributed by atoms with Crippen LogP contribution in [0.2, 0.25) is 0 Å². The second-order valence-electron chi connectivity index (χ2n) is 5.05. The van der Waals surface area contributed by atoms with Gasteiger partial charge in [0, 0.05) is 6.61 Å². The molecule has 0 aromatic carbocycles. The van der Waals surface area contributed by atoms with Gasteiger partial charge in [-0.1, -0.05) is 0 Å². The number of rotatable bonds is 7. The molecule has 0 rings (SSSR count). The topological polar surface area (TPSA) is 97.5 Å². The zero-order valence-electron chi connectivity index (χ0n) is 12.3. The van der Waals surface area contributed by atoms with Gasteiger partial charge < -0.3 is 14.6 Å². The maximum Gasteiger partial charge on any atom is 0.337 e. The maximum absolute atomic E-state index is 11.8. The SMILES string of the molecule is CCOC(C)OC(=O)C(C)(C)N=NC(C)(C)C(=O)O. The normalized spacial score (nSPS) is 14.4. The lowest BCUT2D eigenvalue weighted by atomic mass is 10.1. The fraction of sp³-hybridized carbons (Fsp3) is 0.833. The van der Waals surface area contributed by atoms with Crippen molar-refractivity contribution < 1.29 is 24.2 Å². The van der Waals surface area contributed by atoms with Crippen LogP contribution < -0.4 is 0 Å². The van der Waals surface area contributed by atoms with Crippen molar-refractivity contribution >= 4 is 11.9 Å². The highest BCUT2D eigenvalue weighted by Crippen LogP contribution is 2.18. The van der Waals surface area contributed by atoms with E-state index in [-0.39, 0.29) is 0 Å². The zero-order chi connectivity index (χ0) is 15.3. The average Bonchev–Trinajstić information content (AvgIpc) is 2.26. The average molecular weight is 274 g/mol. The molecule has 1 unspecified atom stereocenters. The molecule has 0 heterocycles. The van der Waals surface area contributed by atoms with E-state index in [2.05, 4.69) is 10.2 Å². The number of carboxylic acids is 1. The Hall–Kier alpha value is -1.50. The number of hydrogen-bond acceptors (Lipinski definition) is 6. The summed E-state index contributed by atoms with van der Waals surface area (Å²) >= 11 is 0. The van der Waals surface area contributed by atoms with Gasteiger partial charge in [-0.2, -0.15) is 10.2 Å². The molecule has 1 atom stereocenters. The predicted octanol–water partition coefficient (Wildman–Crippen LogP) is 2.01. The highest BCUT2D eigenvalue weighted by atomic mass is 16.7. The van der Waals surface area contributed by atoms with Crippen LogP contribution >= 0.6 is 0 Å². The molecule has 0 saturated heterocycles. The van der Waals surface area contributed by atoms with E-state index in [4.69, 9.17) is 14.6 Å². The summed E-state index contributed by atoms with van der Waals surface area (Å²) in [6.45, 7) is 9.57. The largest absolute Gasteiger partial charge is 0.479 e. The summed E-state index contributed by atoms with van der Waals surface area (Å²) in [5.74, 6) is -1.75. The smallest absolute Gasteiger partial charge is 0.337 e. The molecule has 0 aromatic heterocycles. The van der Waals surface area contributed by atoms with Crippen LogP contribution in [0.4, 0.5) is 0 Å². The molecule has 0 amide bonds. The fourth-order valence-electron chi connectivity index (χ4n) is 0.897. The monoisotopic (exact) mass is 274 g/mol. The first kappa shape index (κ1) is 17.5. The van der Waals surface area contributed by atoms with Crippen molar-refractivity contribution in [3.8, 4) is 0 Å². The molecule has 7 heteroatoms. The van der Waals surface area contributed by atoms with Crippen LogP contribution in [0.15, 0.2) is 10.2 Å². The number of carboxylic acid groups (broad SMARTS) is 1. The quantitative estimate of drug-likeness (QED) is 0.435. The summed E-state index contributed by atoms with van der Waals surface area (Å²) in [6.07, 6.45) is -0.681. The van der Waals surface area contributed by atoms with Crippen molar-refractivity contribution in [1.29, 1.82) is 0 Å². The Labute approximate surface area is 113 Å². The van der Waals surface area contributed by atoms with Gasteiger partial charge in [0.15, 0.2) is 17.4 Å². The zero-order valence-corrected chi connectivity index (χ0v) is 12.3. The Morgan fingerprint density at radius 2 is 1.63 bits per heavy atom. The molecular weight excluding hydrogens is 252 g/mol. The number of esters is 1. The van der Waals surface area contributed by atoms with Crippen LogP contribution in [-0.2, 0) is 19.1 Å². The minimum absolute atomic E-state index is 0.419. The minimum atomic E-state index is -1.39. The third-order valence-corrected chi connectivity index (χ3v) is 2.25. The van der Waals surface area contributed by atoms with Crippen molar-refractivity contribution in [2.45, 2.75) is 58.9 Å². The molecular formula is C12H22N2O5. The van der Waals surface area contributed by atoms with E-state index in [0.717, 1.165) is 0 Å². The molecule has 0 fully saturated rings. The van der Waals surface area contributed by atoms with Crippen LogP contribution in [0, 0.1) is 0 Å². The maximum atomic E-state index is 11.8. The molecule has 0 aliphatic carbocycles. The first-order valence-corrected chi connectivity index (χ1v) is 6.03. The highest BCUT2D eigenvalue weighted by molar-refractivity contribution is 5.80. The Balaban J connectivity index is 4.75. The summed E-state index contributed by atoms with van der Waals surface area (Å²) in [7, 11) is 0. The van der Waals surface area contributed by atoms with E-state index in [1.165, 1.54) is 27.7 Å². The summed E-state index contributed by atoms with van der Waals surface area (Å²) in [4.78, 5) is 22.7. The Kier molecular flexibility index (Phi) is 6.08. The number of aliphatic carboxylic acids is 1. The van der Waals surface area contributed by atoms with E-state index >= 15 is 0 Å². The predicted molar refractivity (Wildman–Crippen MR) is 67.8 cm³/mol. The summed E-state index contributed by atoms with van der Waals surface area (Å²) < 4.78 is 10.1. The fourth-order valence-corrected chi connectivity index (χ4v) is 0.897. The van der Waals surface area contributed by atoms with Gasteiger partial charge in [0.25, 0.3) is 0 Å². The number of ether oxygens (including phenoxy) is 2. The molecule has 0 aromatic rings. The number of hydrogen-bond donors (Lipinski definition) is 1. The lowest BCUT2D eigenvalue weighted by molar-refractivity contribution is -0.179. The Morgan fingerprint density at radius 3 is 2.05 bits per heavy atom. The van der Waals surface area contributed by atoms with Gasteiger partial charge in [-0.3, -0.25) is 0 Å². The van der Waals surface area contributed by atoms with Crippen LogP contribution in [0.1, 0.15) is 41.5 Å². The number of carbonyl (C=O) groups excluding carboxylic acids is 1. The van der Waals surface area contributed by atoms with E-state index < -0.39 is 29.3 Å². The Bertz CT molecular complexity index is 363. The number of carbonyl (C=O) groups is 2. The van der Waals surface area contributed by atoms with Crippen molar-refractivity contribution in [3.63, 3.8) is 0 Å². The molecule has 0 spiro atoms. The molecule has 19 heavy (non-hydrogen) atoms. The lowest BCUT2D eigenvalue weighted by Crippen LogP contribution is -2.36. The van der Waals surface area contributed by atoms with Gasteiger partial charge in [0.2, 0.25) is 0 Å².